The van der Waals surface area contributed by atoms with Gasteiger partial charge in [0, 0.05) is 38.0 Å². The fourth-order valence-corrected chi connectivity index (χ4v) is 3.60. The first kappa shape index (κ1) is 19.9. The van der Waals surface area contributed by atoms with Crippen LogP contribution in [0.2, 0.25) is 0 Å². The van der Waals surface area contributed by atoms with E-state index in [9.17, 15) is 9.59 Å². The molecule has 0 N–H and O–H groups in total. The molecule has 1 aromatic heterocycles. The van der Waals surface area contributed by atoms with Gasteiger partial charge in [-0.05, 0) is 30.2 Å². The van der Waals surface area contributed by atoms with Crippen LogP contribution in [0, 0.1) is 0 Å². The predicted octanol–water partition coefficient (Wildman–Crippen LogP) is 3.29. The Morgan fingerprint density at radius 1 is 1.10 bits per heavy atom. The number of hydrogen-bond donors (Lipinski definition) is 0. The number of para-hydroxylation sites is 1. The normalized spacial score (nSPS) is 13.3. The van der Waals surface area contributed by atoms with Gasteiger partial charge in [0.1, 0.15) is 18.1 Å². The van der Waals surface area contributed by atoms with Crippen LogP contribution >= 0.6 is 0 Å². The number of benzene rings is 2. The van der Waals surface area contributed by atoms with E-state index in [1.54, 1.807) is 30.0 Å². The molecule has 0 bridgehead atoms. The molecule has 154 valence electrons. The second-order valence-corrected chi connectivity index (χ2v) is 7.69. The molecule has 2 amide bonds. The number of amides is 2. The van der Waals surface area contributed by atoms with Crippen molar-refractivity contribution in [1.82, 2.24) is 14.8 Å². The van der Waals surface area contributed by atoms with Crippen LogP contribution in [0.3, 0.4) is 0 Å². The summed E-state index contributed by atoms with van der Waals surface area (Å²) in [6, 6.07) is 17.4. The lowest BCUT2D eigenvalue weighted by Gasteiger charge is -2.20. The number of hydrogen-bond acceptors (Lipinski definition) is 4. The van der Waals surface area contributed by atoms with Crippen LogP contribution < -0.4 is 4.74 Å². The Morgan fingerprint density at radius 2 is 1.93 bits per heavy atom. The molecule has 1 aliphatic heterocycles. The molecule has 0 fully saturated rings. The summed E-state index contributed by atoms with van der Waals surface area (Å²) in [5.74, 6) is 0.783. The van der Waals surface area contributed by atoms with E-state index in [1.807, 2.05) is 48.5 Å². The Labute approximate surface area is 176 Å². The molecule has 0 atom stereocenters. The molecule has 0 spiro atoms. The highest BCUT2D eigenvalue weighted by Gasteiger charge is 2.22. The van der Waals surface area contributed by atoms with Crippen molar-refractivity contribution in [2.24, 2.45) is 0 Å². The summed E-state index contributed by atoms with van der Waals surface area (Å²) in [5.41, 5.74) is 3.26. The van der Waals surface area contributed by atoms with Crippen molar-refractivity contribution in [3.05, 3.63) is 71.4 Å². The van der Waals surface area contributed by atoms with Gasteiger partial charge in [-0.3, -0.25) is 9.59 Å². The molecule has 0 radical (unpaired) electrons. The van der Waals surface area contributed by atoms with Crippen LogP contribution in [-0.2, 0) is 17.8 Å². The third-order valence-corrected chi connectivity index (χ3v) is 5.34. The molecule has 0 aliphatic carbocycles. The lowest BCUT2D eigenvalue weighted by molar-refractivity contribution is -0.128. The Balaban J connectivity index is 1.53. The van der Waals surface area contributed by atoms with Gasteiger partial charge in [0.25, 0.3) is 5.91 Å². The highest BCUT2D eigenvalue weighted by Crippen LogP contribution is 2.26. The molecule has 4 rings (SSSR count). The molecule has 1 aliphatic rings. The van der Waals surface area contributed by atoms with Crippen LogP contribution in [0.5, 0.6) is 5.75 Å². The van der Waals surface area contributed by atoms with Crippen LogP contribution in [-0.4, -0.2) is 53.8 Å². The molecule has 3 aromatic rings. The van der Waals surface area contributed by atoms with Gasteiger partial charge in [-0.2, -0.15) is 0 Å². The summed E-state index contributed by atoms with van der Waals surface area (Å²) in [6.45, 7) is 1.39. The Hall–Kier alpha value is -3.41. The highest BCUT2D eigenvalue weighted by molar-refractivity contribution is 5.95. The zero-order valence-corrected chi connectivity index (χ0v) is 17.3. The van der Waals surface area contributed by atoms with Gasteiger partial charge in [0.05, 0.1) is 12.1 Å². The zero-order valence-electron chi connectivity index (χ0n) is 17.3. The number of carbonyl (C=O) groups excluding carboxylic acids is 2. The second kappa shape index (κ2) is 8.53. The zero-order chi connectivity index (χ0) is 21.1. The summed E-state index contributed by atoms with van der Waals surface area (Å²) >= 11 is 0. The van der Waals surface area contributed by atoms with Gasteiger partial charge in [0.2, 0.25) is 5.91 Å². The highest BCUT2D eigenvalue weighted by atomic mass is 16.5. The van der Waals surface area contributed by atoms with Crippen molar-refractivity contribution in [2.75, 3.05) is 27.2 Å². The van der Waals surface area contributed by atoms with E-state index in [-0.39, 0.29) is 11.8 Å². The average molecular weight is 403 g/mol. The van der Waals surface area contributed by atoms with E-state index in [0.717, 1.165) is 27.8 Å². The molecule has 6 heteroatoms. The van der Waals surface area contributed by atoms with Gasteiger partial charge in [-0.15, -0.1) is 0 Å². The monoisotopic (exact) mass is 403 g/mol. The summed E-state index contributed by atoms with van der Waals surface area (Å²) in [5, 5.41) is 1.01. The number of nitrogens with zero attached hydrogens (tertiary/aromatic N) is 3. The second-order valence-electron chi connectivity index (χ2n) is 7.69. The van der Waals surface area contributed by atoms with Crippen molar-refractivity contribution in [3.63, 3.8) is 0 Å². The first-order chi connectivity index (χ1) is 14.5. The van der Waals surface area contributed by atoms with Gasteiger partial charge in [-0.25, -0.2) is 4.98 Å². The quantitative estimate of drug-likeness (QED) is 0.671. The summed E-state index contributed by atoms with van der Waals surface area (Å²) < 4.78 is 5.86. The summed E-state index contributed by atoms with van der Waals surface area (Å²) in [7, 11) is 3.52. The van der Waals surface area contributed by atoms with Crippen LogP contribution in [0.15, 0.2) is 54.6 Å². The van der Waals surface area contributed by atoms with Crippen LogP contribution in [0.25, 0.3) is 10.9 Å². The minimum Gasteiger partial charge on any atom is -0.491 e. The lowest BCUT2D eigenvalue weighted by Crippen LogP contribution is -2.33. The van der Waals surface area contributed by atoms with E-state index in [1.165, 1.54) is 0 Å². The Bertz CT molecular complexity index is 1090. The smallest absolute Gasteiger partial charge is 0.272 e. The topological polar surface area (TPSA) is 62.7 Å². The number of ether oxygens (including phenoxy) is 1. The van der Waals surface area contributed by atoms with E-state index < -0.39 is 0 Å². The van der Waals surface area contributed by atoms with Gasteiger partial charge >= 0.3 is 0 Å². The largest absolute Gasteiger partial charge is 0.491 e. The fraction of sp³-hybridized carbons (Fsp3) is 0.292. The van der Waals surface area contributed by atoms with Crippen LogP contribution in [0.4, 0.5) is 0 Å². The maximum Gasteiger partial charge on any atom is 0.272 e. The maximum atomic E-state index is 13.1. The Morgan fingerprint density at radius 3 is 2.77 bits per heavy atom. The van der Waals surface area contributed by atoms with Crippen molar-refractivity contribution < 1.29 is 14.3 Å². The molecule has 0 saturated heterocycles. The summed E-state index contributed by atoms with van der Waals surface area (Å²) in [4.78, 5) is 33.0. The van der Waals surface area contributed by atoms with Crippen molar-refractivity contribution >= 4 is 22.7 Å². The standard InChI is InChI=1S/C24H25N3O3/c1-26(2)23(28)12-8-17-7-11-22-19(15-17)16-27(13-14-30-22)24(29)21-10-9-18-5-3-4-6-20(18)25-21/h3-7,9-11,15H,8,12-14,16H2,1-2H3. The number of rotatable bonds is 4. The van der Waals surface area contributed by atoms with Gasteiger partial charge in [0.15, 0.2) is 0 Å². The first-order valence-corrected chi connectivity index (χ1v) is 10.1. The summed E-state index contributed by atoms with van der Waals surface area (Å²) in [6.07, 6.45) is 1.11. The van der Waals surface area contributed by atoms with Crippen LogP contribution in [0.1, 0.15) is 28.0 Å². The number of pyridine rings is 1. The van der Waals surface area contributed by atoms with E-state index in [2.05, 4.69) is 4.98 Å². The molecule has 2 heterocycles. The average Bonchev–Trinajstić information content (AvgIpc) is 2.98. The molecule has 30 heavy (non-hydrogen) atoms. The number of carbonyl (C=O) groups is 2. The molecular formula is C24H25N3O3. The predicted molar refractivity (Wildman–Crippen MR) is 115 cm³/mol. The van der Waals surface area contributed by atoms with E-state index in [4.69, 9.17) is 4.74 Å². The molecule has 0 saturated carbocycles. The third-order valence-electron chi connectivity index (χ3n) is 5.34. The van der Waals surface area contributed by atoms with Crippen molar-refractivity contribution in [1.29, 1.82) is 0 Å². The van der Waals surface area contributed by atoms with E-state index >= 15 is 0 Å². The molecule has 6 nitrogen and oxygen atoms in total. The number of aryl methyl sites for hydroxylation is 1. The molecule has 0 unspecified atom stereocenters. The van der Waals surface area contributed by atoms with Gasteiger partial charge in [-0.1, -0.05) is 36.4 Å². The fourth-order valence-electron chi connectivity index (χ4n) is 3.60. The third kappa shape index (κ3) is 4.27. The lowest BCUT2D eigenvalue weighted by atomic mass is 10.0. The molecular weight excluding hydrogens is 378 g/mol. The van der Waals surface area contributed by atoms with Crippen molar-refractivity contribution in [2.45, 2.75) is 19.4 Å². The van der Waals surface area contributed by atoms with Gasteiger partial charge < -0.3 is 14.5 Å². The number of aromatic nitrogens is 1. The Kier molecular flexibility index (Phi) is 5.65. The minimum absolute atomic E-state index is 0.0976. The minimum atomic E-state index is -0.106. The number of fused-ring (bicyclic) bond motifs is 2. The molecule has 2 aromatic carbocycles. The van der Waals surface area contributed by atoms with Crippen molar-refractivity contribution in [3.8, 4) is 5.75 Å². The maximum absolute atomic E-state index is 13.1. The first-order valence-electron chi connectivity index (χ1n) is 10.1. The SMILES string of the molecule is CN(C)C(=O)CCc1ccc2c(c1)CN(C(=O)c1ccc3ccccc3n1)CCO2. The van der Waals surface area contributed by atoms with E-state index in [0.29, 0.717) is 38.2 Å².